The minimum absolute atomic E-state index is 0.00631. The number of nitrogens with one attached hydrogen (secondary N) is 11. The number of likely N-dealkylation sites (tertiary alicyclic amines) is 1. The minimum Gasteiger partial charge on any atom is -0.508 e. The number of hydrogen-bond donors (Lipinski definition) is 21. The number of rotatable bonds is 48. The molecule has 35 nitrogen and oxygen atoms in total. The molecular weight excluding hydrogens is 1270 g/mol. The summed E-state index contributed by atoms with van der Waals surface area (Å²) in [4.78, 5) is 181. The maximum absolute atomic E-state index is 14.6. The molecule has 9 atom stereocenters. The topological polar surface area (TPSA) is 592 Å². The Bertz CT molecular complexity index is 2730. The van der Waals surface area contributed by atoms with Crippen molar-refractivity contribution < 1.29 is 72.5 Å². The summed E-state index contributed by atoms with van der Waals surface area (Å²) in [5.74, 6) is -11.3. The van der Waals surface area contributed by atoms with Crippen LogP contribution in [0.25, 0.3) is 0 Å². The first-order valence-electron chi connectivity index (χ1n) is 32.4. The maximum atomic E-state index is 14.6. The van der Waals surface area contributed by atoms with Gasteiger partial charge in [-0.2, -0.15) is 12.6 Å². The first kappa shape index (κ1) is 83.6. The zero-order valence-electron chi connectivity index (χ0n) is 55.0. The number of aliphatic carboxylic acids is 1. The number of benzene rings is 1. The molecule has 0 radical (unpaired) electrons. The molecule has 1 saturated heterocycles. The number of aromatic hydroxyl groups is 1. The van der Waals surface area contributed by atoms with Crippen molar-refractivity contribution in [2.24, 2.45) is 51.0 Å². The number of amides is 12. The van der Waals surface area contributed by atoms with Gasteiger partial charge >= 0.3 is 5.97 Å². The number of phenols is 1. The Morgan fingerprint density at radius 2 is 0.969 bits per heavy atom. The number of phenolic OH excluding ortho intramolecular Hbond substituents is 1. The Balaban J connectivity index is 2.42. The summed E-state index contributed by atoms with van der Waals surface area (Å²) >= 11 is 3.98. The fourth-order valence-electron chi connectivity index (χ4n) is 9.91. The van der Waals surface area contributed by atoms with Gasteiger partial charge in [0.1, 0.15) is 60.6 Å². The maximum Gasteiger partial charge on any atom is 0.322 e. The third-order valence-corrected chi connectivity index (χ3v) is 15.7. The molecule has 96 heavy (non-hydrogen) atoms. The molecule has 36 heteroatoms. The van der Waals surface area contributed by atoms with Crippen molar-refractivity contribution in [3.63, 3.8) is 0 Å². The highest BCUT2D eigenvalue weighted by Crippen LogP contribution is 2.19. The number of carbonyl (C=O) groups excluding carboxylic acids is 12. The van der Waals surface area contributed by atoms with Crippen LogP contribution in [0.15, 0.2) is 29.3 Å². The highest BCUT2D eigenvalue weighted by Gasteiger charge is 2.38. The lowest BCUT2D eigenvalue weighted by Gasteiger charge is -2.29. The van der Waals surface area contributed by atoms with Crippen LogP contribution in [0.2, 0.25) is 0 Å². The number of aliphatic imine (C=N–C) groups is 1. The number of carboxylic acids is 1. The van der Waals surface area contributed by atoms with E-state index >= 15 is 0 Å². The molecule has 2 rings (SSSR count). The third kappa shape index (κ3) is 32.8. The predicted molar refractivity (Wildman–Crippen MR) is 358 cm³/mol. The average Bonchev–Trinajstić information content (AvgIpc) is 1.56. The molecule has 1 aliphatic rings. The van der Waals surface area contributed by atoms with E-state index in [0.717, 1.165) is 0 Å². The lowest BCUT2D eigenvalue weighted by atomic mass is 10.0. The number of carboxylic acid groups (broad SMARTS) is 1. The van der Waals surface area contributed by atoms with Gasteiger partial charge < -0.3 is 114 Å². The van der Waals surface area contributed by atoms with Crippen molar-refractivity contribution in [1.82, 2.24) is 63.4 Å². The van der Waals surface area contributed by atoms with Crippen LogP contribution in [0.5, 0.6) is 5.75 Å². The number of unbranched alkanes of at least 4 members (excludes halogenated alkanes) is 4. The van der Waals surface area contributed by atoms with Gasteiger partial charge in [-0.1, -0.05) is 26.0 Å². The zero-order chi connectivity index (χ0) is 71.7. The van der Waals surface area contributed by atoms with E-state index in [-0.39, 0.29) is 108 Å². The van der Waals surface area contributed by atoms with Crippen LogP contribution >= 0.6 is 12.6 Å². The minimum atomic E-state index is -1.40. The van der Waals surface area contributed by atoms with Gasteiger partial charge in [-0.25, -0.2) is 0 Å². The molecule has 0 aliphatic carbocycles. The van der Waals surface area contributed by atoms with E-state index < -0.39 is 163 Å². The summed E-state index contributed by atoms with van der Waals surface area (Å²) in [6, 6.07) is -5.46. The third-order valence-electron chi connectivity index (χ3n) is 15.3. The van der Waals surface area contributed by atoms with E-state index in [1.165, 1.54) is 29.2 Å². The number of nitrogens with two attached hydrogens (primary N) is 7. The van der Waals surface area contributed by atoms with Crippen LogP contribution in [-0.2, 0) is 68.7 Å². The molecule has 1 aromatic rings. The lowest BCUT2D eigenvalue weighted by molar-refractivity contribution is -0.140. The van der Waals surface area contributed by atoms with Gasteiger partial charge in [0.2, 0.25) is 70.9 Å². The summed E-state index contributed by atoms with van der Waals surface area (Å²) in [5.41, 5.74) is 40.6. The van der Waals surface area contributed by atoms with Crippen molar-refractivity contribution in [1.29, 1.82) is 0 Å². The molecule has 1 fully saturated rings. The molecule has 0 aromatic heterocycles. The summed E-state index contributed by atoms with van der Waals surface area (Å²) < 4.78 is 0. The number of thiol groups is 1. The number of hydrogen-bond acceptors (Lipinski definition) is 21. The van der Waals surface area contributed by atoms with E-state index in [2.05, 4.69) is 76.1 Å². The second kappa shape index (κ2) is 46.6. The molecule has 1 aromatic carbocycles. The summed E-state index contributed by atoms with van der Waals surface area (Å²) in [7, 11) is 0. The fraction of sp³-hybridized carbons (Fsp3) is 0.667. The number of guanidine groups is 1. The van der Waals surface area contributed by atoms with Crippen LogP contribution in [-0.4, -0.2) is 224 Å². The summed E-state index contributed by atoms with van der Waals surface area (Å²) in [6.45, 7) is 1.85. The second-order valence-corrected chi connectivity index (χ2v) is 23.8. The number of nitrogens with zero attached hydrogens (tertiary/aromatic N) is 2. The molecule has 1 aliphatic heterocycles. The van der Waals surface area contributed by atoms with Gasteiger partial charge in [-0.05, 0) is 153 Å². The van der Waals surface area contributed by atoms with Crippen LogP contribution < -0.4 is 98.6 Å². The Labute approximate surface area is 564 Å². The largest absolute Gasteiger partial charge is 0.508 e. The molecule has 12 amide bonds. The Hall–Kier alpha value is -8.45. The van der Waals surface area contributed by atoms with Crippen LogP contribution in [0, 0.1) is 5.92 Å². The molecule has 0 saturated carbocycles. The van der Waals surface area contributed by atoms with Gasteiger partial charge in [0.05, 0.1) is 25.7 Å². The van der Waals surface area contributed by atoms with Crippen molar-refractivity contribution in [3.8, 4) is 5.75 Å². The fourth-order valence-corrected chi connectivity index (χ4v) is 10.1. The quantitative estimate of drug-likeness (QED) is 0.0125. The highest BCUT2D eigenvalue weighted by molar-refractivity contribution is 7.80. The standard InChI is InChI=1S/C60H104N20O15S/c1-35(2)50(59(95)71-30-46(82)69-33-49(85)86)79-57(93)42(16-6-10-26-64)76-56(92)43(17-11-27-68-60(66)67)77-54(90)40(14-4-8-24-62)74-53(89)39(13-3-7-23-61)75-55(91)41(15-5-9-25-63)78-58(94)45-18-12-28-80(45)48(84)32-72-52(88)44(29-36-19-21-37(81)22-20-36)73-47(83)31-70-51(87)38(65)34-96/h19-22,35,38-45,50,81,96H,3-18,23-34,61-65H2,1-2H3,(H,69,82)(H,70,87)(H,71,95)(H,72,88)(H,73,83)(H,74,89)(H,75,91)(H,76,92)(H,77,90)(H,78,94)(H,79,93)(H,85,86)(H4,66,67,68)/t38-,39-,40+,41-,42-,43-,44-,45-,50+/m1/s1. The molecule has 540 valence electrons. The predicted octanol–water partition coefficient (Wildman–Crippen LogP) is -6.65. The van der Waals surface area contributed by atoms with E-state index in [1.807, 2.05) is 0 Å². The Morgan fingerprint density at radius 3 is 1.42 bits per heavy atom. The van der Waals surface area contributed by atoms with Gasteiger partial charge in [0.25, 0.3) is 0 Å². The lowest BCUT2D eigenvalue weighted by Crippen LogP contribution is -2.60. The van der Waals surface area contributed by atoms with Crippen molar-refractivity contribution in [3.05, 3.63) is 29.8 Å². The van der Waals surface area contributed by atoms with Crippen LogP contribution in [0.4, 0.5) is 0 Å². The number of carbonyl (C=O) groups is 13. The molecule has 27 N–H and O–H groups in total. The molecule has 1 heterocycles. The van der Waals surface area contributed by atoms with Crippen molar-refractivity contribution in [2.45, 2.75) is 177 Å². The van der Waals surface area contributed by atoms with Gasteiger partial charge in [0.15, 0.2) is 5.96 Å². The van der Waals surface area contributed by atoms with Crippen LogP contribution in [0.1, 0.15) is 122 Å². The Kier molecular flexibility index (Phi) is 40.6. The zero-order valence-corrected chi connectivity index (χ0v) is 55.9. The monoisotopic (exact) mass is 1380 g/mol. The smallest absolute Gasteiger partial charge is 0.322 e. The summed E-state index contributed by atoms with van der Waals surface area (Å²) in [6.07, 6.45) is 3.55. The van der Waals surface area contributed by atoms with Gasteiger partial charge in [-0.3, -0.25) is 67.3 Å². The van der Waals surface area contributed by atoms with E-state index in [0.29, 0.717) is 63.4 Å². The van der Waals surface area contributed by atoms with Gasteiger partial charge in [0, 0.05) is 25.3 Å². The Morgan fingerprint density at radius 1 is 0.531 bits per heavy atom. The molecule has 0 bridgehead atoms. The molecule has 0 unspecified atom stereocenters. The van der Waals surface area contributed by atoms with Crippen molar-refractivity contribution in [2.75, 3.05) is 71.2 Å². The summed E-state index contributed by atoms with van der Waals surface area (Å²) in [5, 5.41) is 46.9. The molecule has 0 spiro atoms. The van der Waals surface area contributed by atoms with E-state index in [4.69, 9.17) is 45.2 Å². The first-order chi connectivity index (χ1) is 45.7. The second-order valence-electron chi connectivity index (χ2n) is 23.5. The van der Waals surface area contributed by atoms with Crippen molar-refractivity contribution >= 4 is 95.4 Å². The average molecular weight is 1380 g/mol. The first-order valence-corrected chi connectivity index (χ1v) is 33.1. The molecular formula is C60H104N20O15S. The van der Waals surface area contributed by atoms with Gasteiger partial charge in [-0.15, -0.1) is 0 Å². The normalized spacial score (nSPS) is 15.1. The SMILES string of the molecule is CC(C)[C@H](NC(=O)[C@@H](CCCCN)NC(=O)[C@@H](CCCN=C(N)N)NC(=O)[C@H](CCCCN)NC(=O)[C@@H](CCCCN)NC(=O)[C@@H](CCCCN)NC(=O)[C@H]1CCCN1C(=O)CNC(=O)[C@@H](Cc1ccc(O)cc1)NC(=O)CNC(=O)[C@H](N)CS)C(=O)NCC(=O)NCC(=O)O. The van der Waals surface area contributed by atoms with E-state index in [9.17, 15) is 67.4 Å². The van der Waals surface area contributed by atoms with Crippen LogP contribution in [0.3, 0.4) is 0 Å². The van der Waals surface area contributed by atoms with E-state index in [1.54, 1.807) is 13.8 Å². The highest BCUT2D eigenvalue weighted by atomic mass is 32.1.